The number of carbonyl (C=O) groups is 1. The molecule has 0 saturated carbocycles. The maximum atomic E-state index is 13.2. The van der Waals surface area contributed by atoms with Crippen molar-refractivity contribution in [2.24, 2.45) is 0 Å². The fraction of sp³-hybridized carbons (Fsp3) is 0.150. The highest BCUT2D eigenvalue weighted by Gasteiger charge is 2.16. The number of sulfonamides is 1. The summed E-state index contributed by atoms with van der Waals surface area (Å²) in [6.45, 7) is 2.19. The number of hydrogen-bond acceptors (Lipinski definition) is 5. The van der Waals surface area contributed by atoms with Crippen LogP contribution in [-0.4, -0.2) is 24.3 Å². The summed E-state index contributed by atoms with van der Waals surface area (Å²) in [7, 11) is -3.88. The average Bonchev–Trinajstić information content (AvgIpc) is 2.74. The van der Waals surface area contributed by atoms with Gasteiger partial charge in [-0.3, -0.25) is 14.8 Å². The van der Waals surface area contributed by atoms with Gasteiger partial charge in [0.2, 0.25) is 10.0 Å². The highest BCUT2D eigenvalue weighted by atomic mass is 35.5. The Balaban J connectivity index is 1.59. The van der Waals surface area contributed by atoms with Gasteiger partial charge in [-0.25, -0.2) is 17.5 Å². The average molecular weight is 449 g/mol. The van der Waals surface area contributed by atoms with Crippen LogP contribution in [0.2, 0.25) is 5.02 Å². The molecule has 10 heteroatoms. The lowest BCUT2D eigenvalue weighted by Gasteiger charge is -2.09. The lowest BCUT2D eigenvalue weighted by Crippen LogP contribution is -2.25. The largest absolute Gasteiger partial charge is 0.347 e. The molecule has 0 aliphatic carbocycles. The third-order valence-electron chi connectivity index (χ3n) is 4.31. The van der Waals surface area contributed by atoms with Crippen LogP contribution in [0.4, 0.5) is 4.39 Å². The number of carbonyl (C=O) groups excluding carboxylic acids is 1. The first-order valence-corrected chi connectivity index (χ1v) is 10.7. The molecular weight excluding hydrogens is 431 g/mol. The number of halogens is 2. The van der Waals surface area contributed by atoms with E-state index in [1.807, 2.05) is 13.0 Å². The molecule has 2 heterocycles. The number of hydrogen-bond donors (Lipinski definition) is 2. The summed E-state index contributed by atoms with van der Waals surface area (Å²) in [5, 5.41) is 2.49. The fourth-order valence-corrected chi connectivity index (χ4v) is 3.81. The summed E-state index contributed by atoms with van der Waals surface area (Å²) >= 11 is 5.64. The lowest BCUT2D eigenvalue weighted by molar-refractivity contribution is 0.0946. The SMILES string of the molecule is Cc1ccncc1CNC(=O)c1ccc(CNS(=O)(=O)c2ccc(F)c(Cl)c2)cn1. The molecule has 7 nitrogen and oxygen atoms in total. The van der Waals surface area contributed by atoms with E-state index >= 15 is 0 Å². The van der Waals surface area contributed by atoms with Crippen molar-refractivity contribution in [3.63, 3.8) is 0 Å². The highest BCUT2D eigenvalue weighted by molar-refractivity contribution is 7.89. The Morgan fingerprint density at radius 2 is 1.93 bits per heavy atom. The van der Waals surface area contributed by atoms with Crippen molar-refractivity contribution in [3.05, 3.63) is 88.2 Å². The van der Waals surface area contributed by atoms with Gasteiger partial charge < -0.3 is 5.32 Å². The summed E-state index contributed by atoms with van der Waals surface area (Å²) in [5.74, 6) is -1.06. The van der Waals surface area contributed by atoms with Crippen LogP contribution in [0, 0.1) is 12.7 Å². The van der Waals surface area contributed by atoms with Crippen LogP contribution in [0.15, 0.2) is 59.9 Å². The minimum Gasteiger partial charge on any atom is -0.347 e. The number of pyridine rings is 2. The number of nitrogens with zero attached hydrogens (tertiary/aromatic N) is 2. The first-order chi connectivity index (χ1) is 14.3. The molecule has 0 unspecified atom stereocenters. The molecular formula is C20H18ClFN4O3S. The molecule has 0 saturated heterocycles. The van der Waals surface area contributed by atoms with E-state index in [9.17, 15) is 17.6 Å². The van der Waals surface area contributed by atoms with Crippen LogP contribution >= 0.6 is 11.6 Å². The maximum Gasteiger partial charge on any atom is 0.270 e. The van der Waals surface area contributed by atoms with E-state index in [0.29, 0.717) is 12.1 Å². The molecule has 0 fully saturated rings. The molecule has 2 aromatic heterocycles. The monoisotopic (exact) mass is 448 g/mol. The first kappa shape index (κ1) is 21.8. The van der Waals surface area contributed by atoms with E-state index < -0.39 is 15.8 Å². The summed E-state index contributed by atoms with van der Waals surface area (Å²) in [6, 6.07) is 8.10. The van der Waals surface area contributed by atoms with Crippen molar-refractivity contribution >= 4 is 27.5 Å². The van der Waals surface area contributed by atoms with E-state index in [-0.39, 0.29) is 28.1 Å². The predicted octanol–water partition coefficient (Wildman–Crippen LogP) is 2.99. The molecule has 3 rings (SSSR count). The highest BCUT2D eigenvalue weighted by Crippen LogP contribution is 2.19. The van der Waals surface area contributed by atoms with Crippen molar-refractivity contribution in [1.82, 2.24) is 20.0 Å². The van der Waals surface area contributed by atoms with Gasteiger partial charge in [-0.15, -0.1) is 0 Å². The number of aryl methyl sites for hydroxylation is 1. The topological polar surface area (TPSA) is 101 Å². The molecule has 2 N–H and O–H groups in total. The second-order valence-electron chi connectivity index (χ2n) is 6.44. The lowest BCUT2D eigenvalue weighted by atomic mass is 10.1. The summed E-state index contributed by atoms with van der Waals surface area (Å²) in [5.41, 5.74) is 2.67. The van der Waals surface area contributed by atoms with Crippen LogP contribution in [0.25, 0.3) is 0 Å². The molecule has 1 aromatic carbocycles. The molecule has 156 valence electrons. The Kier molecular flexibility index (Phi) is 6.76. The van der Waals surface area contributed by atoms with Crippen molar-refractivity contribution in [1.29, 1.82) is 0 Å². The van der Waals surface area contributed by atoms with Gasteiger partial charge >= 0.3 is 0 Å². The van der Waals surface area contributed by atoms with Gasteiger partial charge in [0, 0.05) is 31.7 Å². The predicted molar refractivity (Wildman–Crippen MR) is 110 cm³/mol. The minimum absolute atomic E-state index is 0.0545. The maximum absolute atomic E-state index is 13.2. The van der Waals surface area contributed by atoms with Gasteiger partial charge in [-0.05, 0) is 53.9 Å². The number of aromatic nitrogens is 2. The number of benzene rings is 1. The molecule has 0 aliphatic heterocycles. The van der Waals surface area contributed by atoms with Gasteiger partial charge in [-0.2, -0.15) is 0 Å². The second-order valence-corrected chi connectivity index (χ2v) is 8.61. The molecule has 3 aromatic rings. The Morgan fingerprint density at radius 3 is 2.60 bits per heavy atom. The van der Waals surface area contributed by atoms with E-state index in [4.69, 9.17) is 11.6 Å². The zero-order valence-corrected chi connectivity index (χ0v) is 17.5. The summed E-state index contributed by atoms with van der Waals surface area (Å²) in [4.78, 5) is 20.2. The minimum atomic E-state index is -3.88. The summed E-state index contributed by atoms with van der Waals surface area (Å²) in [6.07, 6.45) is 4.77. The zero-order valence-electron chi connectivity index (χ0n) is 15.9. The van der Waals surface area contributed by atoms with Crippen LogP contribution in [0.1, 0.15) is 27.2 Å². The smallest absolute Gasteiger partial charge is 0.270 e. The number of rotatable bonds is 7. The Morgan fingerprint density at radius 1 is 1.13 bits per heavy atom. The third kappa shape index (κ3) is 5.38. The van der Waals surface area contributed by atoms with Crippen LogP contribution in [0.3, 0.4) is 0 Å². The van der Waals surface area contributed by atoms with Gasteiger partial charge in [0.15, 0.2) is 0 Å². The molecule has 0 atom stereocenters. The fourth-order valence-electron chi connectivity index (χ4n) is 2.52. The normalized spacial score (nSPS) is 11.3. The Labute approximate surface area is 178 Å². The van der Waals surface area contributed by atoms with Crippen molar-refractivity contribution < 1.29 is 17.6 Å². The summed E-state index contributed by atoms with van der Waals surface area (Å²) < 4.78 is 40.2. The molecule has 30 heavy (non-hydrogen) atoms. The van der Waals surface area contributed by atoms with Crippen molar-refractivity contribution in [3.8, 4) is 0 Å². The molecule has 1 amide bonds. The van der Waals surface area contributed by atoms with Gasteiger partial charge in [0.25, 0.3) is 5.91 Å². The molecule has 0 aliphatic rings. The van der Waals surface area contributed by atoms with Crippen LogP contribution in [-0.2, 0) is 23.1 Å². The van der Waals surface area contributed by atoms with Crippen LogP contribution in [0.5, 0.6) is 0 Å². The van der Waals surface area contributed by atoms with Gasteiger partial charge in [-0.1, -0.05) is 17.7 Å². The van der Waals surface area contributed by atoms with E-state index in [2.05, 4.69) is 20.0 Å². The van der Waals surface area contributed by atoms with Crippen molar-refractivity contribution in [2.45, 2.75) is 24.9 Å². The standard InChI is InChI=1S/C20H18ClFN4O3S/c1-13-6-7-23-11-15(13)12-25-20(27)19-5-2-14(9-24-19)10-26-30(28,29)16-3-4-18(22)17(21)8-16/h2-9,11,26H,10,12H2,1H3,(H,25,27). The van der Waals surface area contributed by atoms with Crippen LogP contribution < -0.4 is 10.0 Å². The molecule has 0 spiro atoms. The molecule has 0 bridgehead atoms. The number of nitrogens with one attached hydrogen (secondary N) is 2. The quantitative estimate of drug-likeness (QED) is 0.578. The van der Waals surface area contributed by atoms with Crippen molar-refractivity contribution in [2.75, 3.05) is 0 Å². The Hall–Kier alpha value is -2.88. The zero-order chi connectivity index (χ0) is 21.7. The van der Waals surface area contributed by atoms with E-state index in [1.54, 1.807) is 18.5 Å². The van der Waals surface area contributed by atoms with E-state index in [0.717, 1.165) is 29.3 Å². The van der Waals surface area contributed by atoms with E-state index in [1.165, 1.54) is 12.3 Å². The number of amides is 1. The van der Waals surface area contributed by atoms with Gasteiger partial charge in [0.05, 0.1) is 9.92 Å². The molecule has 0 radical (unpaired) electrons. The van der Waals surface area contributed by atoms with Gasteiger partial charge in [0.1, 0.15) is 11.5 Å². The third-order valence-corrected chi connectivity index (χ3v) is 6.00. The Bertz CT molecular complexity index is 1170. The second kappa shape index (κ2) is 9.29. The first-order valence-electron chi connectivity index (χ1n) is 8.83.